The van der Waals surface area contributed by atoms with Crippen molar-refractivity contribution in [3.63, 3.8) is 0 Å². The molecule has 2 atom stereocenters. The van der Waals surface area contributed by atoms with E-state index >= 15 is 0 Å². The van der Waals surface area contributed by atoms with Gasteiger partial charge in [0.1, 0.15) is 0 Å². The molecule has 3 nitrogen and oxygen atoms in total. The fourth-order valence-corrected chi connectivity index (χ4v) is 2.15. The highest BCUT2D eigenvalue weighted by Gasteiger charge is 2.30. The molecule has 0 aliphatic heterocycles. The molecule has 82 valence electrons. The Morgan fingerprint density at radius 1 is 1.33 bits per heavy atom. The lowest BCUT2D eigenvalue weighted by atomic mass is 9.94. The first kappa shape index (κ1) is 10.4. The Morgan fingerprint density at radius 3 is 2.80 bits per heavy atom. The molecule has 0 N–H and O–H groups in total. The molecule has 2 rings (SSSR count). The van der Waals surface area contributed by atoms with E-state index < -0.39 is 6.10 Å². The Morgan fingerprint density at radius 2 is 2.20 bits per heavy atom. The first-order valence-electron chi connectivity index (χ1n) is 5.65. The van der Waals surface area contributed by atoms with Crippen molar-refractivity contribution in [2.75, 3.05) is 0 Å². The number of hydrogen-bond acceptors (Lipinski definition) is 3. The molecule has 2 aliphatic carbocycles. The minimum Gasteiger partial charge on any atom is -0.454 e. The second-order valence-electron chi connectivity index (χ2n) is 4.27. The number of esters is 1. The molecule has 0 aromatic heterocycles. The highest BCUT2D eigenvalue weighted by Crippen LogP contribution is 2.23. The molecule has 0 amide bonds. The van der Waals surface area contributed by atoms with Crippen molar-refractivity contribution in [3.05, 3.63) is 12.2 Å². The van der Waals surface area contributed by atoms with Crippen LogP contribution >= 0.6 is 0 Å². The van der Waals surface area contributed by atoms with E-state index in [1.807, 2.05) is 6.08 Å². The molecular weight excluding hydrogens is 192 g/mol. The predicted molar refractivity (Wildman–Crippen MR) is 55.2 cm³/mol. The smallest absolute Gasteiger partial charge is 0.309 e. The summed E-state index contributed by atoms with van der Waals surface area (Å²) in [4.78, 5) is 23.0. The summed E-state index contributed by atoms with van der Waals surface area (Å²) in [6.45, 7) is 0. The van der Waals surface area contributed by atoms with E-state index in [0.29, 0.717) is 12.8 Å². The Kier molecular flexibility index (Phi) is 3.19. The minimum absolute atomic E-state index is 0.0246. The zero-order valence-corrected chi connectivity index (χ0v) is 8.78. The average molecular weight is 208 g/mol. The van der Waals surface area contributed by atoms with Gasteiger partial charge in [-0.15, -0.1) is 0 Å². The summed E-state index contributed by atoms with van der Waals surface area (Å²) in [5.74, 6) is -0.113. The number of carbonyl (C=O) groups is 2. The van der Waals surface area contributed by atoms with Crippen LogP contribution in [0.1, 0.15) is 38.5 Å². The molecule has 0 aromatic carbocycles. The summed E-state index contributed by atoms with van der Waals surface area (Å²) in [7, 11) is 0. The molecule has 0 spiro atoms. The SMILES string of the molecule is O=C(OC1CCCC1=O)C1CC=CCC1. The van der Waals surface area contributed by atoms with Crippen molar-refractivity contribution in [2.24, 2.45) is 5.92 Å². The van der Waals surface area contributed by atoms with Crippen LogP contribution < -0.4 is 0 Å². The van der Waals surface area contributed by atoms with Crippen LogP contribution in [0.3, 0.4) is 0 Å². The van der Waals surface area contributed by atoms with Crippen LogP contribution in [0.15, 0.2) is 12.2 Å². The summed E-state index contributed by atoms with van der Waals surface area (Å²) in [5.41, 5.74) is 0. The quantitative estimate of drug-likeness (QED) is 0.515. The summed E-state index contributed by atoms with van der Waals surface area (Å²) in [5, 5.41) is 0. The van der Waals surface area contributed by atoms with Crippen LogP contribution in [0.4, 0.5) is 0 Å². The van der Waals surface area contributed by atoms with E-state index in [4.69, 9.17) is 4.74 Å². The molecule has 0 heterocycles. The van der Waals surface area contributed by atoms with Crippen LogP contribution in [0.25, 0.3) is 0 Å². The van der Waals surface area contributed by atoms with Gasteiger partial charge >= 0.3 is 5.97 Å². The minimum atomic E-state index is -0.441. The Labute approximate surface area is 89.5 Å². The number of carbonyl (C=O) groups excluding carboxylic acids is 2. The van der Waals surface area contributed by atoms with Gasteiger partial charge in [-0.2, -0.15) is 0 Å². The Balaban J connectivity index is 1.86. The summed E-state index contributed by atoms with van der Waals surface area (Å²) in [6.07, 6.45) is 8.38. The van der Waals surface area contributed by atoms with Crippen molar-refractivity contribution in [2.45, 2.75) is 44.6 Å². The molecular formula is C12H16O3. The monoisotopic (exact) mass is 208 g/mol. The molecule has 2 unspecified atom stereocenters. The number of hydrogen-bond donors (Lipinski definition) is 0. The third kappa shape index (κ3) is 2.46. The first-order valence-corrected chi connectivity index (χ1v) is 5.65. The number of Topliss-reactive ketones (excluding diaryl/α,β-unsaturated/α-hetero) is 1. The van der Waals surface area contributed by atoms with E-state index in [0.717, 1.165) is 25.7 Å². The molecule has 2 aliphatic rings. The highest BCUT2D eigenvalue weighted by atomic mass is 16.5. The van der Waals surface area contributed by atoms with Crippen LogP contribution in [-0.2, 0) is 14.3 Å². The van der Waals surface area contributed by atoms with Crippen LogP contribution in [-0.4, -0.2) is 17.9 Å². The summed E-state index contributed by atoms with van der Waals surface area (Å²) >= 11 is 0. The molecule has 0 saturated heterocycles. The number of rotatable bonds is 2. The Hall–Kier alpha value is -1.12. The average Bonchev–Trinajstić information content (AvgIpc) is 2.66. The second kappa shape index (κ2) is 4.60. The molecule has 3 heteroatoms. The molecule has 0 radical (unpaired) electrons. The van der Waals surface area contributed by atoms with Crippen molar-refractivity contribution < 1.29 is 14.3 Å². The fourth-order valence-electron chi connectivity index (χ4n) is 2.15. The van der Waals surface area contributed by atoms with Crippen molar-refractivity contribution in [1.29, 1.82) is 0 Å². The molecule has 0 bridgehead atoms. The zero-order chi connectivity index (χ0) is 10.7. The fraction of sp³-hybridized carbons (Fsp3) is 0.667. The second-order valence-corrected chi connectivity index (χ2v) is 4.27. The van der Waals surface area contributed by atoms with Gasteiger partial charge in [-0.3, -0.25) is 9.59 Å². The topological polar surface area (TPSA) is 43.4 Å². The van der Waals surface area contributed by atoms with E-state index in [1.165, 1.54) is 0 Å². The lowest BCUT2D eigenvalue weighted by Crippen LogP contribution is -2.27. The van der Waals surface area contributed by atoms with Gasteiger partial charge in [0.2, 0.25) is 0 Å². The summed E-state index contributed by atoms with van der Waals surface area (Å²) in [6, 6.07) is 0. The Bertz CT molecular complexity index is 293. The highest BCUT2D eigenvalue weighted by molar-refractivity contribution is 5.87. The normalized spacial score (nSPS) is 30.5. The van der Waals surface area contributed by atoms with Crippen molar-refractivity contribution in [1.82, 2.24) is 0 Å². The van der Waals surface area contributed by atoms with Gasteiger partial charge in [-0.25, -0.2) is 0 Å². The third-order valence-corrected chi connectivity index (χ3v) is 3.11. The van der Waals surface area contributed by atoms with E-state index in [1.54, 1.807) is 0 Å². The van der Waals surface area contributed by atoms with Crippen LogP contribution in [0.5, 0.6) is 0 Å². The predicted octanol–water partition coefficient (Wildman–Crippen LogP) is 2.01. The molecule has 0 aromatic rings. The molecule has 15 heavy (non-hydrogen) atoms. The molecule has 1 fully saturated rings. The van der Waals surface area contributed by atoms with E-state index in [9.17, 15) is 9.59 Å². The third-order valence-electron chi connectivity index (χ3n) is 3.11. The van der Waals surface area contributed by atoms with Crippen molar-refractivity contribution >= 4 is 11.8 Å². The lowest BCUT2D eigenvalue weighted by molar-refractivity contribution is -0.158. The maximum absolute atomic E-state index is 11.7. The first-order chi connectivity index (χ1) is 7.27. The number of ketones is 1. The van der Waals surface area contributed by atoms with E-state index in [-0.39, 0.29) is 17.7 Å². The van der Waals surface area contributed by atoms with Crippen LogP contribution in [0.2, 0.25) is 0 Å². The lowest BCUT2D eigenvalue weighted by Gasteiger charge is -2.18. The van der Waals surface area contributed by atoms with Gasteiger partial charge in [-0.05, 0) is 32.1 Å². The van der Waals surface area contributed by atoms with Gasteiger partial charge in [0.15, 0.2) is 11.9 Å². The van der Waals surface area contributed by atoms with Gasteiger partial charge in [-0.1, -0.05) is 12.2 Å². The number of allylic oxidation sites excluding steroid dienone is 2. The van der Waals surface area contributed by atoms with Gasteiger partial charge in [0, 0.05) is 6.42 Å². The largest absolute Gasteiger partial charge is 0.454 e. The molecule has 1 saturated carbocycles. The van der Waals surface area contributed by atoms with Gasteiger partial charge in [0.25, 0.3) is 0 Å². The van der Waals surface area contributed by atoms with Crippen molar-refractivity contribution in [3.8, 4) is 0 Å². The standard InChI is InChI=1S/C12H16O3/c13-10-7-4-8-11(10)15-12(14)9-5-2-1-3-6-9/h1-2,9,11H,3-8H2. The maximum atomic E-state index is 11.7. The maximum Gasteiger partial charge on any atom is 0.309 e. The number of ether oxygens (including phenoxy) is 1. The summed E-state index contributed by atoms with van der Waals surface area (Å²) < 4.78 is 5.24. The van der Waals surface area contributed by atoms with Gasteiger partial charge < -0.3 is 4.74 Å². The van der Waals surface area contributed by atoms with Crippen LogP contribution in [0, 0.1) is 5.92 Å². The zero-order valence-electron chi connectivity index (χ0n) is 8.78. The van der Waals surface area contributed by atoms with E-state index in [2.05, 4.69) is 6.08 Å². The van der Waals surface area contributed by atoms with Gasteiger partial charge in [0.05, 0.1) is 5.92 Å².